The number of hydrogen-bond donors (Lipinski definition) is 1. The molecule has 2 heterocycles. The Morgan fingerprint density at radius 3 is 2.42 bits per heavy atom. The van der Waals surface area contributed by atoms with E-state index in [1.165, 1.54) is 11.1 Å². The lowest BCUT2D eigenvalue weighted by atomic mass is 10.00. The molecule has 0 fully saturated rings. The average molecular weight is 317 g/mol. The lowest BCUT2D eigenvalue weighted by Gasteiger charge is -2.27. The number of hydrogen-bond acceptors (Lipinski definition) is 2. The highest BCUT2D eigenvalue weighted by Gasteiger charge is 2.51. The second-order valence-corrected chi connectivity index (χ2v) is 6.44. The lowest BCUT2D eigenvalue weighted by molar-refractivity contribution is -0.683. The van der Waals surface area contributed by atoms with Crippen molar-refractivity contribution in [1.29, 1.82) is 0 Å². The maximum atomic E-state index is 11.6. The van der Waals surface area contributed by atoms with E-state index in [2.05, 4.69) is 46.7 Å². The zero-order valence-electron chi connectivity index (χ0n) is 13.8. The fourth-order valence-corrected chi connectivity index (χ4v) is 3.40. The topological polar surface area (TPSA) is 27.4 Å². The molecule has 4 rings (SSSR count). The summed E-state index contributed by atoms with van der Waals surface area (Å²) < 4.78 is 2.11. The first-order chi connectivity index (χ1) is 11.7. The van der Waals surface area contributed by atoms with Crippen molar-refractivity contribution >= 4 is 5.82 Å². The van der Waals surface area contributed by atoms with Gasteiger partial charge >= 0.3 is 0 Å². The Balaban J connectivity index is 1.79. The maximum Gasteiger partial charge on any atom is 0.279 e. The first-order valence-electron chi connectivity index (χ1n) is 8.26. The van der Waals surface area contributed by atoms with Gasteiger partial charge in [0.2, 0.25) is 0 Å². The largest absolute Gasteiger partial charge is 0.346 e. The monoisotopic (exact) mass is 317 g/mol. The van der Waals surface area contributed by atoms with Crippen molar-refractivity contribution in [1.82, 2.24) is 0 Å². The molecule has 3 heteroatoms. The van der Waals surface area contributed by atoms with E-state index in [-0.39, 0.29) is 0 Å². The minimum absolute atomic E-state index is 0.527. The summed E-state index contributed by atoms with van der Waals surface area (Å²) in [6.07, 6.45) is 2.03. The first-order valence-corrected chi connectivity index (χ1v) is 8.26. The van der Waals surface area contributed by atoms with Crippen molar-refractivity contribution < 1.29 is 9.67 Å². The molecule has 1 aromatic heterocycles. The summed E-state index contributed by atoms with van der Waals surface area (Å²) in [5.74, 6) is 1.03. The number of rotatable bonds is 3. The molecule has 0 saturated carbocycles. The molecule has 0 spiro atoms. The Hall–Kier alpha value is -2.65. The highest BCUT2D eigenvalue weighted by atomic mass is 16.3. The number of anilines is 1. The number of pyridine rings is 1. The Kier molecular flexibility index (Phi) is 3.58. The average Bonchev–Trinajstić information content (AvgIpc) is 2.90. The van der Waals surface area contributed by atoms with E-state index in [4.69, 9.17) is 0 Å². The Morgan fingerprint density at radius 1 is 0.958 bits per heavy atom. The second kappa shape index (κ2) is 5.77. The number of aromatic nitrogens is 1. The van der Waals surface area contributed by atoms with E-state index in [0.717, 1.165) is 11.4 Å². The third kappa shape index (κ3) is 2.47. The highest BCUT2D eigenvalue weighted by molar-refractivity contribution is 5.44. The molecular weight excluding hydrogens is 296 g/mol. The van der Waals surface area contributed by atoms with Gasteiger partial charge in [0.15, 0.2) is 6.54 Å². The molecule has 0 saturated heterocycles. The van der Waals surface area contributed by atoms with Crippen LogP contribution in [0, 0.1) is 6.92 Å². The van der Waals surface area contributed by atoms with E-state index >= 15 is 0 Å². The Morgan fingerprint density at radius 2 is 1.67 bits per heavy atom. The van der Waals surface area contributed by atoms with Crippen LogP contribution in [0.4, 0.5) is 5.82 Å². The molecular formula is C21H21N2O+. The summed E-state index contributed by atoms with van der Waals surface area (Å²) in [7, 11) is 0. The van der Waals surface area contributed by atoms with Crippen LogP contribution in [0.15, 0.2) is 79.0 Å². The Labute approximate surface area is 142 Å². The summed E-state index contributed by atoms with van der Waals surface area (Å²) in [4.78, 5) is 2.09. The molecule has 3 aromatic rings. The predicted octanol–water partition coefficient (Wildman–Crippen LogP) is 3.15. The van der Waals surface area contributed by atoms with Gasteiger partial charge in [0.1, 0.15) is 6.54 Å². The smallest absolute Gasteiger partial charge is 0.279 e. The van der Waals surface area contributed by atoms with Gasteiger partial charge in [-0.25, -0.2) is 9.47 Å². The van der Waals surface area contributed by atoms with Gasteiger partial charge in [0, 0.05) is 11.6 Å². The summed E-state index contributed by atoms with van der Waals surface area (Å²) >= 11 is 0. The molecule has 1 atom stereocenters. The first kappa shape index (κ1) is 14.9. The van der Waals surface area contributed by atoms with Gasteiger partial charge in [-0.15, -0.1) is 0 Å². The number of aliphatic hydroxyl groups is 1. The second-order valence-electron chi connectivity index (χ2n) is 6.44. The van der Waals surface area contributed by atoms with Crippen LogP contribution in [0.3, 0.4) is 0 Å². The van der Waals surface area contributed by atoms with Gasteiger partial charge in [0.25, 0.3) is 11.5 Å². The van der Waals surface area contributed by atoms with E-state index in [9.17, 15) is 5.11 Å². The SMILES string of the molecule is Cc1ccc([C@]2(O)C[n+]3ccccc3N2Cc2ccccc2)cc1. The van der Waals surface area contributed by atoms with Crippen molar-refractivity contribution in [3.63, 3.8) is 0 Å². The molecule has 2 aromatic carbocycles. The van der Waals surface area contributed by atoms with E-state index in [1.807, 2.05) is 48.7 Å². The van der Waals surface area contributed by atoms with E-state index in [0.29, 0.717) is 13.1 Å². The van der Waals surface area contributed by atoms with Crippen molar-refractivity contribution in [2.75, 3.05) is 4.90 Å². The molecule has 3 nitrogen and oxygen atoms in total. The maximum absolute atomic E-state index is 11.6. The molecule has 0 bridgehead atoms. The summed E-state index contributed by atoms with van der Waals surface area (Å²) in [6.45, 7) is 3.25. The molecule has 0 aliphatic carbocycles. The molecule has 1 N–H and O–H groups in total. The molecule has 0 amide bonds. The molecule has 0 unspecified atom stereocenters. The van der Waals surface area contributed by atoms with Crippen LogP contribution in [0.1, 0.15) is 16.7 Å². The van der Waals surface area contributed by atoms with Crippen molar-refractivity contribution in [2.45, 2.75) is 25.7 Å². The van der Waals surface area contributed by atoms with Gasteiger partial charge < -0.3 is 5.11 Å². The lowest BCUT2D eigenvalue weighted by Crippen LogP contribution is -2.45. The summed E-state index contributed by atoms with van der Waals surface area (Å²) in [6, 6.07) is 24.5. The zero-order valence-corrected chi connectivity index (χ0v) is 13.8. The van der Waals surface area contributed by atoms with Gasteiger partial charge in [-0.2, -0.15) is 0 Å². The van der Waals surface area contributed by atoms with Gasteiger partial charge in [-0.1, -0.05) is 66.2 Å². The Bertz CT molecular complexity index is 845. The standard InChI is InChI=1S/C21H21N2O/c1-17-10-12-19(13-11-17)21(24)16-22-14-6-5-9-20(22)23(21)15-18-7-3-2-4-8-18/h2-14,24H,15-16H2,1H3/q+1/t21-/m1/s1. The summed E-state index contributed by atoms with van der Waals surface area (Å²) in [5.41, 5.74) is 2.26. The van der Waals surface area contributed by atoms with Crippen LogP contribution < -0.4 is 9.47 Å². The summed E-state index contributed by atoms with van der Waals surface area (Å²) in [5, 5.41) is 11.6. The zero-order chi connectivity index (χ0) is 16.6. The van der Waals surface area contributed by atoms with E-state index in [1.54, 1.807) is 0 Å². The fourth-order valence-electron chi connectivity index (χ4n) is 3.40. The molecule has 0 radical (unpaired) electrons. The minimum Gasteiger partial charge on any atom is -0.346 e. The molecule has 1 aliphatic rings. The number of aryl methyl sites for hydroxylation is 1. The highest BCUT2D eigenvalue weighted by Crippen LogP contribution is 2.36. The third-order valence-electron chi connectivity index (χ3n) is 4.73. The molecule has 120 valence electrons. The quantitative estimate of drug-likeness (QED) is 0.752. The van der Waals surface area contributed by atoms with Crippen LogP contribution in [-0.2, 0) is 18.8 Å². The van der Waals surface area contributed by atoms with Crippen LogP contribution in [0.5, 0.6) is 0 Å². The van der Waals surface area contributed by atoms with Crippen molar-refractivity contribution in [3.05, 3.63) is 95.7 Å². The van der Waals surface area contributed by atoms with Crippen LogP contribution in [-0.4, -0.2) is 5.11 Å². The van der Waals surface area contributed by atoms with Gasteiger partial charge in [0.05, 0.1) is 6.20 Å². The van der Waals surface area contributed by atoms with Crippen LogP contribution in [0.25, 0.3) is 0 Å². The fraction of sp³-hybridized carbons (Fsp3) is 0.190. The van der Waals surface area contributed by atoms with Crippen LogP contribution in [0.2, 0.25) is 0 Å². The van der Waals surface area contributed by atoms with Crippen molar-refractivity contribution in [2.24, 2.45) is 0 Å². The minimum atomic E-state index is -1.04. The number of fused-ring (bicyclic) bond motifs is 1. The van der Waals surface area contributed by atoms with Gasteiger partial charge in [-0.3, -0.25) is 0 Å². The van der Waals surface area contributed by atoms with Crippen molar-refractivity contribution in [3.8, 4) is 0 Å². The molecule has 24 heavy (non-hydrogen) atoms. The van der Waals surface area contributed by atoms with Gasteiger partial charge in [-0.05, 0) is 18.6 Å². The molecule has 1 aliphatic heterocycles. The predicted molar refractivity (Wildman–Crippen MR) is 94.3 cm³/mol. The van der Waals surface area contributed by atoms with Crippen LogP contribution >= 0.6 is 0 Å². The third-order valence-corrected chi connectivity index (χ3v) is 4.73. The number of nitrogens with zero attached hydrogens (tertiary/aromatic N) is 2. The number of benzene rings is 2. The van der Waals surface area contributed by atoms with E-state index < -0.39 is 5.72 Å². The normalized spacial score (nSPS) is 19.3.